The fraction of sp³-hybridized carbons (Fsp3) is 0.929. The van der Waals surface area contributed by atoms with Crippen LogP contribution in [0.2, 0.25) is 0 Å². The van der Waals surface area contributed by atoms with Gasteiger partial charge in [-0.2, -0.15) is 0 Å². The third-order valence-corrected chi connectivity index (χ3v) is 3.57. The summed E-state index contributed by atoms with van der Waals surface area (Å²) in [6.45, 7) is 3.59. The molecule has 1 aliphatic heterocycles. The molecule has 0 unspecified atom stereocenters. The molecule has 0 amide bonds. The van der Waals surface area contributed by atoms with Crippen LogP contribution in [0, 0.1) is 5.92 Å². The molecular weight excluding hydrogens is 264 g/mol. The van der Waals surface area contributed by atoms with Crippen LogP contribution in [-0.2, 0) is 14.3 Å². The predicted octanol–water partition coefficient (Wildman–Crippen LogP) is 0.575. The van der Waals surface area contributed by atoms with Gasteiger partial charge in [0.2, 0.25) is 6.29 Å². The van der Waals surface area contributed by atoms with Gasteiger partial charge in [0.15, 0.2) is 0 Å². The molecule has 20 heavy (non-hydrogen) atoms. The Hall–Kier alpha value is -0.690. The standard InChI is InChI=1S/C14H26O6/c1-3-5-9(6-4-2)14(18)20-12-7-10(16)13(17)11(8-15)19-12/h9-13,15-17H,3-8H2,1-2H3/t10-,11-,12+,13+/m1/s1. The molecule has 0 bridgehead atoms. The molecule has 0 radical (unpaired) electrons. The fourth-order valence-electron chi connectivity index (χ4n) is 2.45. The molecule has 0 aromatic heterocycles. The highest BCUT2D eigenvalue weighted by atomic mass is 16.7. The Kier molecular flexibility index (Phi) is 7.43. The maximum Gasteiger partial charge on any atom is 0.311 e. The van der Waals surface area contributed by atoms with E-state index in [1.165, 1.54) is 0 Å². The van der Waals surface area contributed by atoms with Crippen molar-refractivity contribution in [2.75, 3.05) is 6.61 Å². The minimum atomic E-state index is -1.16. The lowest BCUT2D eigenvalue weighted by Gasteiger charge is -2.36. The van der Waals surface area contributed by atoms with E-state index in [1.807, 2.05) is 13.8 Å². The average Bonchev–Trinajstić information content (AvgIpc) is 2.42. The van der Waals surface area contributed by atoms with E-state index < -0.39 is 31.2 Å². The van der Waals surface area contributed by atoms with E-state index in [-0.39, 0.29) is 18.3 Å². The predicted molar refractivity (Wildman–Crippen MR) is 71.8 cm³/mol. The van der Waals surface area contributed by atoms with Gasteiger partial charge >= 0.3 is 5.97 Å². The zero-order valence-electron chi connectivity index (χ0n) is 12.2. The van der Waals surface area contributed by atoms with Gasteiger partial charge < -0.3 is 24.8 Å². The fourth-order valence-corrected chi connectivity index (χ4v) is 2.45. The minimum absolute atomic E-state index is 0.0222. The molecule has 0 spiro atoms. The molecule has 6 nitrogen and oxygen atoms in total. The highest BCUT2D eigenvalue weighted by Crippen LogP contribution is 2.23. The Balaban J connectivity index is 2.55. The van der Waals surface area contributed by atoms with Crippen LogP contribution in [-0.4, -0.2) is 52.5 Å². The molecule has 6 heteroatoms. The van der Waals surface area contributed by atoms with E-state index in [1.54, 1.807) is 0 Å². The van der Waals surface area contributed by atoms with Crippen molar-refractivity contribution >= 4 is 5.97 Å². The highest BCUT2D eigenvalue weighted by molar-refractivity contribution is 5.72. The molecule has 1 heterocycles. The second-order valence-corrected chi connectivity index (χ2v) is 5.29. The number of ether oxygens (including phenoxy) is 2. The normalized spacial score (nSPS) is 30.5. The Bertz CT molecular complexity index is 289. The van der Waals surface area contributed by atoms with Crippen molar-refractivity contribution in [3.8, 4) is 0 Å². The van der Waals surface area contributed by atoms with Crippen LogP contribution >= 0.6 is 0 Å². The first-order chi connectivity index (χ1) is 9.53. The molecule has 3 N–H and O–H groups in total. The molecule has 0 saturated carbocycles. The monoisotopic (exact) mass is 290 g/mol. The van der Waals surface area contributed by atoms with Gasteiger partial charge in [-0.1, -0.05) is 26.7 Å². The average molecular weight is 290 g/mol. The van der Waals surface area contributed by atoms with Gasteiger partial charge in [-0.25, -0.2) is 0 Å². The molecule has 118 valence electrons. The number of carbonyl (C=O) groups excluding carboxylic acids is 1. The van der Waals surface area contributed by atoms with E-state index in [9.17, 15) is 15.0 Å². The first-order valence-corrected chi connectivity index (χ1v) is 7.36. The number of aliphatic hydroxyl groups is 3. The van der Waals surface area contributed by atoms with Crippen molar-refractivity contribution in [2.45, 2.75) is 70.6 Å². The van der Waals surface area contributed by atoms with Gasteiger partial charge in [0.25, 0.3) is 0 Å². The second kappa shape index (κ2) is 8.56. The summed E-state index contributed by atoms with van der Waals surface area (Å²) in [6, 6.07) is 0. The van der Waals surface area contributed by atoms with E-state index in [0.717, 1.165) is 25.7 Å². The maximum atomic E-state index is 12.1. The van der Waals surface area contributed by atoms with Crippen LogP contribution in [0.5, 0.6) is 0 Å². The summed E-state index contributed by atoms with van der Waals surface area (Å²) in [5.74, 6) is -0.496. The lowest BCUT2D eigenvalue weighted by molar-refractivity contribution is -0.253. The molecule has 4 atom stereocenters. The largest absolute Gasteiger partial charge is 0.435 e. The molecule has 1 fully saturated rings. The van der Waals surface area contributed by atoms with Gasteiger partial charge in [0, 0.05) is 6.42 Å². The minimum Gasteiger partial charge on any atom is -0.435 e. The summed E-state index contributed by atoms with van der Waals surface area (Å²) in [7, 11) is 0. The van der Waals surface area contributed by atoms with Crippen LogP contribution in [0.25, 0.3) is 0 Å². The molecule has 0 aromatic rings. The third-order valence-electron chi connectivity index (χ3n) is 3.57. The smallest absolute Gasteiger partial charge is 0.311 e. The summed E-state index contributed by atoms with van der Waals surface area (Å²) in [5.41, 5.74) is 0. The van der Waals surface area contributed by atoms with Crippen molar-refractivity contribution in [2.24, 2.45) is 5.92 Å². The summed E-state index contributed by atoms with van der Waals surface area (Å²) in [6.07, 6.45) is -0.720. The molecule has 1 saturated heterocycles. The van der Waals surface area contributed by atoms with Gasteiger partial charge in [0.1, 0.15) is 12.2 Å². The first kappa shape index (κ1) is 17.4. The van der Waals surface area contributed by atoms with Gasteiger partial charge in [-0.15, -0.1) is 0 Å². The number of hydrogen-bond acceptors (Lipinski definition) is 6. The Morgan fingerprint density at radius 1 is 1.30 bits per heavy atom. The topological polar surface area (TPSA) is 96.2 Å². The number of rotatable bonds is 7. The van der Waals surface area contributed by atoms with Crippen LogP contribution in [0.15, 0.2) is 0 Å². The quantitative estimate of drug-likeness (QED) is 0.593. The van der Waals surface area contributed by atoms with Crippen molar-refractivity contribution in [1.29, 1.82) is 0 Å². The lowest BCUT2D eigenvalue weighted by atomic mass is 9.98. The van der Waals surface area contributed by atoms with Crippen molar-refractivity contribution in [3.05, 3.63) is 0 Å². The summed E-state index contributed by atoms with van der Waals surface area (Å²) < 4.78 is 10.6. The molecular formula is C14H26O6. The SMILES string of the molecule is CCCC(CCC)C(=O)O[C@H]1C[C@@H](O)[C@H](O)[C@@H](CO)O1. The summed E-state index contributed by atoms with van der Waals surface area (Å²) >= 11 is 0. The number of carbonyl (C=O) groups is 1. The van der Waals surface area contributed by atoms with Gasteiger partial charge in [0.05, 0.1) is 18.6 Å². The third kappa shape index (κ3) is 4.70. The molecule has 1 rings (SSSR count). The molecule has 1 aliphatic rings. The van der Waals surface area contributed by atoms with Crippen molar-refractivity contribution < 1.29 is 29.6 Å². The van der Waals surface area contributed by atoms with Gasteiger partial charge in [-0.3, -0.25) is 4.79 Å². The summed E-state index contributed by atoms with van der Waals surface area (Å²) in [4.78, 5) is 12.1. The van der Waals surface area contributed by atoms with Crippen molar-refractivity contribution in [3.63, 3.8) is 0 Å². The lowest BCUT2D eigenvalue weighted by Crippen LogP contribution is -2.51. The number of aliphatic hydroxyl groups excluding tert-OH is 3. The van der Waals surface area contributed by atoms with Crippen molar-refractivity contribution in [1.82, 2.24) is 0 Å². The van der Waals surface area contributed by atoms with E-state index in [2.05, 4.69) is 0 Å². The van der Waals surface area contributed by atoms with E-state index in [0.29, 0.717) is 0 Å². The van der Waals surface area contributed by atoms with Crippen LogP contribution < -0.4 is 0 Å². The molecule has 0 aromatic carbocycles. The summed E-state index contributed by atoms with van der Waals surface area (Å²) in [5, 5.41) is 28.3. The first-order valence-electron chi connectivity index (χ1n) is 7.36. The van der Waals surface area contributed by atoms with E-state index in [4.69, 9.17) is 14.6 Å². The van der Waals surface area contributed by atoms with Crippen LogP contribution in [0.3, 0.4) is 0 Å². The molecule has 0 aliphatic carbocycles. The Labute approximate surface area is 119 Å². The maximum absolute atomic E-state index is 12.1. The number of hydrogen-bond donors (Lipinski definition) is 3. The Morgan fingerprint density at radius 3 is 2.40 bits per heavy atom. The van der Waals surface area contributed by atoms with Gasteiger partial charge in [-0.05, 0) is 12.8 Å². The van der Waals surface area contributed by atoms with E-state index >= 15 is 0 Å². The van der Waals surface area contributed by atoms with Crippen LogP contribution in [0.1, 0.15) is 46.0 Å². The Morgan fingerprint density at radius 2 is 1.90 bits per heavy atom. The number of esters is 1. The zero-order chi connectivity index (χ0) is 15.1. The van der Waals surface area contributed by atoms with Crippen LogP contribution in [0.4, 0.5) is 0 Å². The zero-order valence-corrected chi connectivity index (χ0v) is 12.2. The second-order valence-electron chi connectivity index (χ2n) is 5.29. The highest BCUT2D eigenvalue weighted by Gasteiger charge is 2.38.